The molecule has 3 nitrogen and oxygen atoms in total. The average molecular weight is 238 g/mol. The Morgan fingerprint density at radius 2 is 2.00 bits per heavy atom. The Kier molecular flexibility index (Phi) is 3.83. The number of amides is 1. The van der Waals surface area contributed by atoms with Crippen molar-refractivity contribution >= 4 is 5.91 Å². The number of nitrogens with one attached hydrogen (secondary N) is 2. The summed E-state index contributed by atoms with van der Waals surface area (Å²) in [6, 6.07) is -0.590. The molecule has 16 heavy (non-hydrogen) atoms. The number of hydrogen-bond donors (Lipinski definition) is 2. The van der Waals surface area contributed by atoms with Crippen molar-refractivity contribution in [2.75, 3.05) is 6.54 Å². The zero-order valence-corrected chi connectivity index (χ0v) is 9.45. The zero-order valence-electron chi connectivity index (χ0n) is 9.45. The maximum absolute atomic E-state index is 11.9. The van der Waals surface area contributed by atoms with Gasteiger partial charge in [-0.3, -0.25) is 4.79 Å². The SMILES string of the molecule is CC(NC1(C)CCC1)C(=O)NCC(F)(F)F. The van der Waals surface area contributed by atoms with Gasteiger partial charge >= 0.3 is 6.18 Å². The van der Waals surface area contributed by atoms with Crippen LogP contribution in [-0.4, -0.2) is 30.2 Å². The molecule has 0 spiro atoms. The number of alkyl halides is 3. The predicted octanol–water partition coefficient (Wildman–Crippen LogP) is 1.59. The Bertz CT molecular complexity index is 261. The number of carbonyl (C=O) groups is 1. The molecule has 0 heterocycles. The molecule has 0 aromatic heterocycles. The third kappa shape index (κ3) is 4.00. The standard InChI is InChI=1S/C10H17F3N2O/c1-7(15-9(2)4-3-5-9)8(16)14-6-10(11,12)13/h7,15H,3-6H2,1-2H3,(H,14,16). The van der Waals surface area contributed by atoms with Crippen molar-refractivity contribution in [2.45, 2.75) is 50.9 Å². The fraction of sp³-hybridized carbons (Fsp3) is 0.900. The van der Waals surface area contributed by atoms with Crippen LogP contribution >= 0.6 is 0 Å². The molecule has 1 aliphatic rings. The van der Waals surface area contributed by atoms with Gasteiger partial charge in [0.15, 0.2) is 0 Å². The molecule has 94 valence electrons. The Morgan fingerprint density at radius 3 is 2.38 bits per heavy atom. The third-order valence-corrected chi connectivity index (χ3v) is 2.88. The van der Waals surface area contributed by atoms with Crippen LogP contribution in [0.1, 0.15) is 33.1 Å². The van der Waals surface area contributed by atoms with Crippen molar-refractivity contribution in [1.82, 2.24) is 10.6 Å². The maximum atomic E-state index is 11.9. The number of carbonyl (C=O) groups excluding carboxylic acids is 1. The molecular formula is C10H17F3N2O. The highest BCUT2D eigenvalue weighted by molar-refractivity contribution is 5.81. The fourth-order valence-corrected chi connectivity index (χ4v) is 1.78. The highest BCUT2D eigenvalue weighted by Crippen LogP contribution is 2.31. The van der Waals surface area contributed by atoms with E-state index in [1.165, 1.54) is 0 Å². The monoisotopic (exact) mass is 238 g/mol. The van der Waals surface area contributed by atoms with E-state index < -0.39 is 24.7 Å². The van der Waals surface area contributed by atoms with E-state index in [1.54, 1.807) is 6.92 Å². The van der Waals surface area contributed by atoms with Gasteiger partial charge in [-0.25, -0.2) is 0 Å². The smallest absolute Gasteiger partial charge is 0.346 e. The summed E-state index contributed by atoms with van der Waals surface area (Å²) < 4.78 is 35.6. The van der Waals surface area contributed by atoms with Gasteiger partial charge in [0.25, 0.3) is 0 Å². The Labute approximate surface area is 92.8 Å². The van der Waals surface area contributed by atoms with Crippen molar-refractivity contribution in [3.8, 4) is 0 Å². The lowest BCUT2D eigenvalue weighted by atomic mass is 9.78. The summed E-state index contributed by atoms with van der Waals surface area (Å²) in [5.74, 6) is -0.606. The van der Waals surface area contributed by atoms with Crippen molar-refractivity contribution in [1.29, 1.82) is 0 Å². The molecule has 0 bridgehead atoms. The normalized spacial score (nSPS) is 21.1. The number of hydrogen-bond acceptors (Lipinski definition) is 2. The molecule has 0 aliphatic heterocycles. The summed E-state index contributed by atoms with van der Waals surface area (Å²) in [4.78, 5) is 11.3. The van der Waals surface area contributed by atoms with E-state index in [2.05, 4.69) is 5.32 Å². The quantitative estimate of drug-likeness (QED) is 0.780. The Balaban J connectivity index is 2.30. The van der Waals surface area contributed by atoms with Gasteiger partial charge in [0.1, 0.15) is 6.54 Å². The summed E-state index contributed by atoms with van der Waals surface area (Å²) >= 11 is 0. The summed E-state index contributed by atoms with van der Waals surface area (Å²) in [6.45, 7) is 2.29. The summed E-state index contributed by atoms with van der Waals surface area (Å²) in [5, 5.41) is 4.92. The molecule has 2 N–H and O–H groups in total. The molecule has 1 unspecified atom stereocenters. The van der Waals surface area contributed by atoms with Crippen LogP contribution in [0.15, 0.2) is 0 Å². The van der Waals surface area contributed by atoms with Crippen LogP contribution in [0, 0.1) is 0 Å². The summed E-state index contributed by atoms with van der Waals surface area (Å²) in [5.41, 5.74) is -0.0883. The van der Waals surface area contributed by atoms with Crippen molar-refractivity contribution in [3.63, 3.8) is 0 Å². The first kappa shape index (κ1) is 13.3. The highest BCUT2D eigenvalue weighted by Gasteiger charge is 2.35. The minimum Gasteiger partial charge on any atom is -0.346 e. The minimum atomic E-state index is -4.35. The zero-order chi connectivity index (χ0) is 12.4. The minimum absolute atomic E-state index is 0.0883. The molecule has 0 radical (unpaired) electrons. The van der Waals surface area contributed by atoms with Crippen molar-refractivity contribution in [2.24, 2.45) is 0 Å². The van der Waals surface area contributed by atoms with Gasteiger partial charge in [-0.1, -0.05) is 0 Å². The van der Waals surface area contributed by atoms with Crippen molar-refractivity contribution in [3.05, 3.63) is 0 Å². The van der Waals surface area contributed by atoms with Crippen LogP contribution in [0.2, 0.25) is 0 Å². The molecule has 1 saturated carbocycles. The van der Waals surface area contributed by atoms with E-state index in [1.807, 2.05) is 12.2 Å². The fourth-order valence-electron chi connectivity index (χ4n) is 1.78. The first-order chi connectivity index (χ1) is 7.22. The molecule has 1 amide bonds. The van der Waals surface area contributed by atoms with Gasteiger partial charge in [0, 0.05) is 5.54 Å². The van der Waals surface area contributed by atoms with Gasteiger partial charge < -0.3 is 10.6 Å². The molecule has 1 aliphatic carbocycles. The van der Waals surface area contributed by atoms with E-state index in [0.29, 0.717) is 0 Å². The second-order valence-electron chi connectivity index (χ2n) is 4.61. The number of halogens is 3. The Hall–Kier alpha value is -0.780. The van der Waals surface area contributed by atoms with Crippen LogP contribution in [-0.2, 0) is 4.79 Å². The van der Waals surface area contributed by atoms with Gasteiger partial charge in [-0.05, 0) is 33.1 Å². The van der Waals surface area contributed by atoms with Crippen LogP contribution in [0.3, 0.4) is 0 Å². The third-order valence-electron chi connectivity index (χ3n) is 2.88. The second-order valence-corrected chi connectivity index (χ2v) is 4.61. The van der Waals surface area contributed by atoms with Crippen LogP contribution in [0.5, 0.6) is 0 Å². The van der Waals surface area contributed by atoms with E-state index in [4.69, 9.17) is 0 Å². The van der Waals surface area contributed by atoms with Crippen LogP contribution in [0.25, 0.3) is 0 Å². The van der Waals surface area contributed by atoms with Crippen LogP contribution in [0.4, 0.5) is 13.2 Å². The van der Waals surface area contributed by atoms with Gasteiger partial charge in [0.05, 0.1) is 6.04 Å². The van der Waals surface area contributed by atoms with Gasteiger partial charge in [0.2, 0.25) is 5.91 Å². The predicted molar refractivity (Wildman–Crippen MR) is 53.9 cm³/mol. The lowest BCUT2D eigenvalue weighted by Crippen LogP contribution is -2.56. The van der Waals surface area contributed by atoms with Gasteiger partial charge in [-0.15, -0.1) is 0 Å². The van der Waals surface area contributed by atoms with E-state index in [-0.39, 0.29) is 5.54 Å². The lowest BCUT2D eigenvalue weighted by Gasteiger charge is -2.41. The first-order valence-electron chi connectivity index (χ1n) is 5.34. The largest absolute Gasteiger partial charge is 0.405 e. The van der Waals surface area contributed by atoms with E-state index in [0.717, 1.165) is 19.3 Å². The second kappa shape index (κ2) is 4.61. The Morgan fingerprint density at radius 1 is 1.44 bits per heavy atom. The van der Waals surface area contributed by atoms with E-state index >= 15 is 0 Å². The summed E-state index contributed by atoms with van der Waals surface area (Å²) in [6.07, 6.45) is -1.33. The summed E-state index contributed by atoms with van der Waals surface area (Å²) in [7, 11) is 0. The molecule has 0 aromatic rings. The molecular weight excluding hydrogens is 221 g/mol. The van der Waals surface area contributed by atoms with Crippen molar-refractivity contribution < 1.29 is 18.0 Å². The van der Waals surface area contributed by atoms with Crippen LogP contribution < -0.4 is 10.6 Å². The average Bonchev–Trinajstić information content (AvgIpc) is 2.10. The lowest BCUT2D eigenvalue weighted by molar-refractivity contribution is -0.139. The highest BCUT2D eigenvalue weighted by atomic mass is 19.4. The molecule has 0 saturated heterocycles. The van der Waals surface area contributed by atoms with Gasteiger partial charge in [-0.2, -0.15) is 13.2 Å². The first-order valence-corrected chi connectivity index (χ1v) is 5.34. The molecule has 1 fully saturated rings. The molecule has 1 atom stereocenters. The topological polar surface area (TPSA) is 41.1 Å². The molecule has 6 heteroatoms. The molecule has 1 rings (SSSR count). The molecule has 0 aromatic carbocycles. The maximum Gasteiger partial charge on any atom is 0.405 e. The number of rotatable bonds is 4. The van der Waals surface area contributed by atoms with E-state index in [9.17, 15) is 18.0 Å².